The summed E-state index contributed by atoms with van der Waals surface area (Å²) in [6.45, 7) is 7.95. The number of carbonyl (C=O) groups is 1. The number of nitrogens with one attached hydrogen (secondary N) is 1. The van der Waals surface area contributed by atoms with Gasteiger partial charge in [-0.05, 0) is 44.9 Å². The van der Waals surface area contributed by atoms with Gasteiger partial charge in [-0.3, -0.25) is 0 Å². The number of piperazine rings is 1. The fourth-order valence-electron chi connectivity index (χ4n) is 2.54. The van der Waals surface area contributed by atoms with Crippen molar-refractivity contribution >= 4 is 6.09 Å². The number of nitrogens with zero attached hydrogens (tertiary/aromatic N) is 1. The minimum Gasteiger partial charge on any atom is -0.497 e. The Morgan fingerprint density at radius 2 is 2.00 bits per heavy atom. The lowest BCUT2D eigenvalue weighted by Gasteiger charge is -2.37. The van der Waals surface area contributed by atoms with Crippen LogP contribution in [0.5, 0.6) is 5.75 Å². The van der Waals surface area contributed by atoms with E-state index in [1.165, 1.54) is 5.56 Å². The van der Waals surface area contributed by atoms with Gasteiger partial charge in [0.15, 0.2) is 0 Å². The van der Waals surface area contributed by atoms with Gasteiger partial charge in [0.25, 0.3) is 0 Å². The molecule has 1 aliphatic rings. The molecular weight excluding hydrogens is 280 g/mol. The Labute approximate surface area is 132 Å². The monoisotopic (exact) mass is 306 g/mol. The summed E-state index contributed by atoms with van der Waals surface area (Å²) >= 11 is 0. The lowest BCUT2D eigenvalue weighted by atomic mass is 10.0. The highest BCUT2D eigenvalue weighted by Gasteiger charge is 2.30. The molecule has 0 aromatic heterocycles. The van der Waals surface area contributed by atoms with E-state index in [4.69, 9.17) is 9.47 Å². The molecule has 0 spiro atoms. The van der Waals surface area contributed by atoms with Crippen molar-refractivity contribution in [2.24, 2.45) is 0 Å². The van der Waals surface area contributed by atoms with Crippen molar-refractivity contribution in [1.82, 2.24) is 10.2 Å². The van der Waals surface area contributed by atoms with Crippen molar-refractivity contribution < 1.29 is 14.3 Å². The van der Waals surface area contributed by atoms with Gasteiger partial charge in [-0.15, -0.1) is 0 Å². The Bertz CT molecular complexity index is 494. The van der Waals surface area contributed by atoms with Crippen molar-refractivity contribution in [2.45, 2.75) is 38.8 Å². The molecule has 22 heavy (non-hydrogen) atoms. The highest BCUT2D eigenvalue weighted by atomic mass is 16.6. The van der Waals surface area contributed by atoms with Gasteiger partial charge in [0.05, 0.1) is 13.2 Å². The maximum Gasteiger partial charge on any atom is 0.410 e. The van der Waals surface area contributed by atoms with Gasteiger partial charge in [0.2, 0.25) is 0 Å². The number of ether oxygens (including phenoxy) is 2. The molecular formula is C17H26N2O3. The van der Waals surface area contributed by atoms with Crippen LogP contribution in [0.2, 0.25) is 0 Å². The van der Waals surface area contributed by atoms with Crippen LogP contribution in [0, 0.1) is 0 Å². The lowest BCUT2D eigenvalue weighted by molar-refractivity contribution is 0.0122. The summed E-state index contributed by atoms with van der Waals surface area (Å²) in [7, 11) is 1.66. The second kappa shape index (κ2) is 7.01. The molecule has 5 nitrogen and oxygen atoms in total. The molecule has 1 saturated heterocycles. The summed E-state index contributed by atoms with van der Waals surface area (Å²) in [5.74, 6) is 0.842. The molecule has 1 fully saturated rings. The molecule has 0 saturated carbocycles. The highest BCUT2D eigenvalue weighted by Crippen LogP contribution is 2.18. The first-order valence-corrected chi connectivity index (χ1v) is 7.72. The predicted molar refractivity (Wildman–Crippen MR) is 86.3 cm³/mol. The maximum atomic E-state index is 12.4. The summed E-state index contributed by atoms with van der Waals surface area (Å²) in [6.07, 6.45) is 0.573. The van der Waals surface area contributed by atoms with E-state index in [9.17, 15) is 4.79 Å². The van der Waals surface area contributed by atoms with Crippen LogP contribution >= 0.6 is 0 Å². The molecule has 2 rings (SSSR count). The normalized spacial score (nSPS) is 18.9. The zero-order valence-corrected chi connectivity index (χ0v) is 13.9. The van der Waals surface area contributed by atoms with Gasteiger partial charge in [0, 0.05) is 19.6 Å². The molecule has 0 aliphatic carbocycles. The second-order valence-corrected chi connectivity index (χ2v) is 6.58. The molecule has 0 unspecified atom stereocenters. The second-order valence-electron chi connectivity index (χ2n) is 6.58. The first-order valence-electron chi connectivity index (χ1n) is 7.72. The molecule has 5 heteroatoms. The first kappa shape index (κ1) is 16.6. The van der Waals surface area contributed by atoms with E-state index < -0.39 is 5.60 Å². The van der Waals surface area contributed by atoms with Crippen molar-refractivity contribution in [3.8, 4) is 5.75 Å². The van der Waals surface area contributed by atoms with Crippen molar-refractivity contribution in [3.63, 3.8) is 0 Å². The van der Waals surface area contributed by atoms with Crippen LogP contribution in [0.15, 0.2) is 24.3 Å². The van der Waals surface area contributed by atoms with Crippen molar-refractivity contribution in [2.75, 3.05) is 26.7 Å². The minimum atomic E-state index is -0.466. The molecule has 122 valence electrons. The van der Waals surface area contributed by atoms with Crippen LogP contribution in [0.3, 0.4) is 0 Å². The molecule has 1 aromatic rings. The minimum absolute atomic E-state index is 0.108. The molecule has 0 bridgehead atoms. The third-order valence-corrected chi connectivity index (χ3v) is 3.61. The highest BCUT2D eigenvalue weighted by molar-refractivity contribution is 5.68. The fourth-order valence-corrected chi connectivity index (χ4v) is 2.54. The Morgan fingerprint density at radius 1 is 1.32 bits per heavy atom. The fraction of sp³-hybridized carbons (Fsp3) is 0.588. The zero-order valence-electron chi connectivity index (χ0n) is 13.9. The number of hydrogen-bond donors (Lipinski definition) is 1. The zero-order chi connectivity index (χ0) is 16.2. The Morgan fingerprint density at radius 3 is 2.59 bits per heavy atom. The van der Waals surface area contributed by atoms with Gasteiger partial charge < -0.3 is 19.7 Å². The van der Waals surface area contributed by atoms with Crippen LogP contribution in [-0.4, -0.2) is 49.4 Å². The van der Waals surface area contributed by atoms with E-state index >= 15 is 0 Å². The van der Waals surface area contributed by atoms with Crippen LogP contribution < -0.4 is 10.1 Å². The van der Waals surface area contributed by atoms with E-state index in [1.54, 1.807) is 7.11 Å². The third kappa shape index (κ3) is 4.63. The average Bonchev–Trinajstić information content (AvgIpc) is 2.47. The maximum absolute atomic E-state index is 12.4. The van der Waals surface area contributed by atoms with Crippen molar-refractivity contribution in [3.05, 3.63) is 29.8 Å². The Kier molecular flexibility index (Phi) is 5.29. The van der Waals surface area contributed by atoms with E-state index in [2.05, 4.69) is 5.32 Å². The van der Waals surface area contributed by atoms with E-state index in [-0.39, 0.29) is 12.1 Å². The average molecular weight is 306 g/mol. The summed E-state index contributed by atoms with van der Waals surface area (Å²) in [5, 5.41) is 3.35. The van der Waals surface area contributed by atoms with Gasteiger partial charge in [-0.2, -0.15) is 0 Å². The molecule has 1 aromatic carbocycles. The molecule has 1 N–H and O–H groups in total. The van der Waals surface area contributed by atoms with E-state index in [0.717, 1.165) is 25.3 Å². The van der Waals surface area contributed by atoms with Crippen LogP contribution in [0.1, 0.15) is 26.3 Å². The number of amides is 1. The Hall–Kier alpha value is -1.75. The predicted octanol–water partition coefficient (Wildman–Crippen LogP) is 2.45. The van der Waals surface area contributed by atoms with Crippen LogP contribution in [0.25, 0.3) is 0 Å². The number of carbonyl (C=O) groups excluding carboxylic acids is 1. The quantitative estimate of drug-likeness (QED) is 0.932. The van der Waals surface area contributed by atoms with Gasteiger partial charge in [-0.25, -0.2) is 4.79 Å². The standard InChI is InChI=1S/C17H26N2O3/c1-17(2,3)22-16(20)19-10-9-18-12-14(19)11-13-5-7-15(21-4)8-6-13/h5-8,14,18H,9-12H2,1-4H3/t14-/m0/s1. The topological polar surface area (TPSA) is 50.8 Å². The molecule has 1 heterocycles. The van der Waals surface area contributed by atoms with Crippen molar-refractivity contribution in [1.29, 1.82) is 0 Å². The molecule has 1 aliphatic heterocycles. The van der Waals surface area contributed by atoms with Crippen LogP contribution in [-0.2, 0) is 11.2 Å². The van der Waals surface area contributed by atoms with E-state index in [0.29, 0.717) is 6.54 Å². The van der Waals surface area contributed by atoms with Crippen LogP contribution in [0.4, 0.5) is 4.79 Å². The molecule has 1 atom stereocenters. The number of hydrogen-bond acceptors (Lipinski definition) is 4. The largest absolute Gasteiger partial charge is 0.497 e. The third-order valence-electron chi connectivity index (χ3n) is 3.61. The lowest BCUT2D eigenvalue weighted by Crippen LogP contribution is -2.55. The molecule has 0 radical (unpaired) electrons. The first-order chi connectivity index (χ1) is 10.4. The number of methoxy groups -OCH3 is 1. The summed E-state index contributed by atoms with van der Waals surface area (Å²) in [4.78, 5) is 14.2. The van der Waals surface area contributed by atoms with E-state index in [1.807, 2.05) is 49.9 Å². The number of benzene rings is 1. The van der Waals surface area contributed by atoms with Gasteiger partial charge in [0.1, 0.15) is 11.4 Å². The SMILES string of the molecule is COc1ccc(C[C@H]2CNCCN2C(=O)OC(C)(C)C)cc1. The van der Waals surface area contributed by atoms with Gasteiger partial charge in [-0.1, -0.05) is 12.1 Å². The van der Waals surface area contributed by atoms with Gasteiger partial charge >= 0.3 is 6.09 Å². The summed E-state index contributed by atoms with van der Waals surface area (Å²) in [6, 6.07) is 8.09. The summed E-state index contributed by atoms with van der Waals surface area (Å²) in [5.41, 5.74) is 0.718. The summed E-state index contributed by atoms with van der Waals surface area (Å²) < 4.78 is 10.7. The number of rotatable bonds is 3. The smallest absolute Gasteiger partial charge is 0.410 e. The molecule has 1 amide bonds. The Balaban J connectivity index is 2.04.